The van der Waals surface area contributed by atoms with Crippen LogP contribution >= 0.6 is 0 Å². The van der Waals surface area contributed by atoms with Crippen LogP contribution in [0.15, 0.2) is 23.2 Å². The number of hydrogen-bond donors (Lipinski definition) is 1. The van der Waals surface area contributed by atoms with E-state index in [1.165, 1.54) is 18.4 Å². The molecule has 122 valence electrons. The monoisotopic (exact) mass is 312 g/mol. The zero-order valence-electron chi connectivity index (χ0n) is 13.7. The maximum atomic E-state index is 12.0. The number of benzene rings is 1. The molecule has 1 saturated carbocycles. The van der Waals surface area contributed by atoms with Gasteiger partial charge in [-0.15, -0.1) is 0 Å². The van der Waals surface area contributed by atoms with Gasteiger partial charge in [-0.3, -0.25) is 9.59 Å². The Bertz CT molecular complexity index is 732. The van der Waals surface area contributed by atoms with Crippen molar-refractivity contribution in [2.24, 2.45) is 10.9 Å². The van der Waals surface area contributed by atoms with Crippen LogP contribution in [0.3, 0.4) is 0 Å². The van der Waals surface area contributed by atoms with Crippen molar-refractivity contribution in [3.05, 3.63) is 28.8 Å². The molecule has 1 aromatic carbocycles. The van der Waals surface area contributed by atoms with E-state index in [1.807, 2.05) is 18.2 Å². The zero-order valence-corrected chi connectivity index (χ0v) is 13.7. The van der Waals surface area contributed by atoms with Crippen LogP contribution in [0.25, 0.3) is 5.57 Å². The van der Waals surface area contributed by atoms with E-state index in [0.717, 1.165) is 42.5 Å². The van der Waals surface area contributed by atoms with Gasteiger partial charge in [0.05, 0.1) is 11.8 Å². The highest BCUT2D eigenvalue weighted by Gasteiger charge is 2.21. The van der Waals surface area contributed by atoms with Crippen LogP contribution in [0.2, 0.25) is 0 Å². The summed E-state index contributed by atoms with van der Waals surface area (Å²) in [7, 11) is 0. The molecule has 0 unspecified atom stereocenters. The molecule has 4 heteroatoms. The fourth-order valence-electron chi connectivity index (χ4n) is 3.03. The molecule has 0 spiro atoms. The van der Waals surface area contributed by atoms with Crippen LogP contribution in [0.4, 0.5) is 5.69 Å². The van der Waals surface area contributed by atoms with Crippen molar-refractivity contribution < 1.29 is 9.59 Å². The average Bonchev–Trinajstić information content (AvgIpc) is 3.34. The summed E-state index contributed by atoms with van der Waals surface area (Å²) < 4.78 is 0. The van der Waals surface area contributed by atoms with E-state index >= 15 is 0 Å². The molecular weight excluding hydrogens is 288 g/mol. The highest BCUT2D eigenvalue weighted by atomic mass is 16.2. The van der Waals surface area contributed by atoms with Crippen LogP contribution in [0, 0.1) is 5.92 Å². The van der Waals surface area contributed by atoms with Gasteiger partial charge in [0.25, 0.3) is 0 Å². The third kappa shape index (κ3) is 4.27. The second-order valence-corrected chi connectivity index (χ2v) is 6.65. The van der Waals surface area contributed by atoms with Gasteiger partial charge in [-0.05, 0) is 37.3 Å². The summed E-state index contributed by atoms with van der Waals surface area (Å²) >= 11 is 0. The number of nitrogens with zero attached hydrogens (tertiary/aromatic N) is 1. The lowest BCUT2D eigenvalue weighted by atomic mass is 9.99. The van der Waals surface area contributed by atoms with Crippen molar-refractivity contribution in [2.75, 3.05) is 5.32 Å². The van der Waals surface area contributed by atoms with E-state index in [1.54, 1.807) is 0 Å². The molecule has 0 bridgehead atoms. The summed E-state index contributed by atoms with van der Waals surface area (Å²) in [6.07, 6.45) is 7.66. The summed E-state index contributed by atoms with van der Waals surface area (Å²) in [4.78, 5) is 28.0. The predicted octanol–water partition coefficient (Wildman–Crippen LogP) is 2.71. The maximum absolute atomic E-state index is 12.0. The number of hydrogen-bond acceptors (Lipinski definition) is 2. The Hall–Kier alpha value is -1.97. The third-order valence-electron chi connectivity index (χ3n) is 4.58. The lowest BCUT2D eigenvalue weighted by molar-refractivity contribution is -0.117. The molecule has 23 heavy (non-hydrogen) atoms. The molecule has 1 N–H and O–H groups in total. The molecule has 4 nitrogen and oxygen atoms in total. The fourth-order valence-corrected chi connectivity index (χ4v) is 3.03. The fraction of sp³-hybridized carbons (Fsp3) is 0.526. The Labute approximate surface area is 136 Å². The van der Waals surface area contributed by atoms with Gasteiger partial charge >= 0.3 is 0 Å². The van der Waals surface area contributed by atoms with E-state index < -0.39 is 0 Å². The number of nitrogens with one attached hydrogen (secondary N) is 1. The number of amides is 2. The predicted molar refractivity (Wildman–Crippen MR) is 90.4 cm³/mol. The van der Waals surface area contributed by atoms with Crippen molar-refractivity contribution in [3.63, 3.8) is 0 Å². The van der Waals surface area contributed by atoms with Gasteiger partial charge in [0, 0.05) is 17.3 Å². The Kier molecular flexibility index (Phi) is 4.89. The van der Waals surface area contributed by atoms with Crippen molar-refractivity contribution in [1.29, 1.82) is 0 Å². The number of fused-ring (bicyclic) bond motifs is 1. The van der Waals surface area contributed by atoms with E-state index in [-0.39, 0.29) is 11.8 Å². The smallest absolute Gasteiger partial charge is 0.250 e. The summed E-state index contributed by atoms with van der Waals surface area (Å²) in [5.74, 6) is 0.725. The topological polar surface area (TPSA) is 58.5 Å². The van der Waals surface area contributed by atoms with Gasteiger partial charge in [-0.25, -0.2) is 4.99 Å². The van der Waals surface area contributed by atoms with Crippen molar-refractivity contribution in [2.45, 2.75) is 58.3 Å². The summed E-state index contributed by atoms with van der Waals surface area (Å²) in [5.41, 5.74) is 1.91. The Morgan fingerprint density at radius 1 is 1.35 bits per heavy atom. The lowest BCUT2D eigenvalue weighted by Crippen LogP contribution is -2.33. The Morgan fingerprint density at radius 3 is 2.91 bits per heavy atom. The largest absolute Gasteiger partial charge is 0.326 e. The molecule has 3 rings (SSSR count). The van der Waals surface area contributed by atoms with Crippen molar-refractivity contribution in [1.82, 2.24) is 0 Å². The van der Waals surface area contributed by atoms with Gasteiger partial charge in [0.1, 0.15) is 0 Å². The van der Waals surface area contributed by atoms with E-state index in [9.17, 15) is 9.59 Å². The zero-order chi connectivity index (χ0) is 16.2. The first-order valence-corrected chi connectivity index (χ1v) is 8.69. The first kappa shape index (κ1) is 15.9. The summed E-state index contributed by atoms with van der Waals surface area (Å²) in [6, 6.07) is 5.74. The maximum Gasteiger partial charge on any atom is 0.250 e. The second-order valence-electron chi connectivity index (χ2n) is 6.65. The average molecular weight is 312 g/mol. The van der Waals surface area contributed by atoms with Crippen LogP contribution in [0.5, 0.6) is 0 Å². The molecule has 1 heterocycles. The highest BCUT2D eigenvalue weighted by Crippen LogP contribution is 2.33. The number of rotatable bonds is 7. The normalized spacial score (nSPS) is 16.7. The Balaban J connectivity index is 1.77. The standard InChI is InChI=1S/C19H24N2O2/c1-2-3-4-14-11-19(23)21-17-12-15(8-9-16(14)17)20-18(22)10-7-13-5-6-13/h8-9,12-13H,2-7,10-11H2,1H3,(H,20,22). The first-order valence-electron chi connectivity index (χ1n) is 8.69. The molecule has 1 aliphatic carbocycles. The Morgan fingerprint density at radius 2 is 2.17 bits per heavy atom. The molecule has 0 saturated heterocycles. The molecule has 2 aliphatic rings. The van der Waals surface area contributed by atoms with Crippen LogP contribution in [0.1, 0.15) is 58.3 Å². The minimum atomic E-state index is -0.0826. The summed E-state index contributed by atoms with van der Waals surface area (Å²) in [6.45, 7) is 2.15. The molecule has 1 aliphatic heterocycles. The van der Waals surface area contributed by atoms with Crippen LogP contribution in [-0.2, 0) is 9.59 Å². The van der Waals surface area contributed by atoms with Gasteiger partial charge in [-0.2, -0.15) is 0 Å². The molecule has 1 fully saturated rings. The molecular formula is C19H24N2O2. The third-order valence-corrected chi connectivity index (χ3v) is 4.58. The van der Waals surface area contributed by atoms with E-state index in [0.29, 0.717) is 18.2 Å². The molecule has 0 radical (unpaired) electrons. The SMILES string of the molecule is CCCCC1=c2ccc(NC(=O)CCC3CC3)cc2=NC(=O)C1. The number of anilines is 1. The molecule has 1 aromatic rings. The van der Waals surface area contributed by atoms with Crippen molar-refractivity contribution in [3.8, 4) is 0 Å². The first-order chi connectivity index (χ1) is 11.2. The van der Waals surface area contributed by atoms with Crippen LogP contribution < -0.4 is 15.9 Å². The molecule has 0 atom stereocenters. The number of carbonyl (C=O) groups excluding carboxylic acids is 2. The molecule has 2 amide bonds. The van der Waals surface area contributed by atoms with E-state index in [4.69, 9.17) is 0 Å². The lowest BCUT2D eigenvalue weighted by Gasteiger charge is -2.11. The van der Waals surface area contributed by atoms with Crippen molar-refractivity contribution >= 4 is 23.1 Å². The minimum Gasteiger partial charge on any atom is -0.326 e. The second kappa shape index (κ2) is 7.07. The number of unbranched alkanes of at least 4 members (excludes halogenated alkanes) is 1. The minimum absolute atomic E-state index is 0.0502. The van der Waals surface area contributed by atoms with Crippen LogP contribution in [-0.4, -0.2) is 11.8 Å². The highest BCUT2D eigenvalue weighted by molar-refractivity contribution is 5.91. The number of carbonyl (C=O) groups is 2. The quantitative estimate of drug-likeness (QED) is 0.841. The summed E-state index contributed by atoms with van der Waals surface area (Å²) in [5, 5.41) is 4.69. The molecule has 0 aromatic heterocycles. The van der Waals surface area contributed by atoms with Gasteiger partial charge < -0.3 is 5.32 Å². The van der Waals surface area contributed by atoms with Gasteiger partial charge in [-0.1, -0.05) is 37.8 Å². The van der Waals surface area contributed by atoms with Gasteiger partial charge in [0.2, 0.25) is 11.8 Å². The van der Waals surface area contributed by atoms with E-state index in [2.05, 4.69) is 17.2 Å². The van der Waals surface area contributed by atoms with Gasteiger partial charge in [0.15, 0.2) is 0 Å².